The fourth-order valence-electron chi connectivity index (χ4n) is 2.15. The number of aldehydes is 1. The Morgan fingerprint density at radius 1 is 1.44 bits per heavy atom. The van der Waals surface area contributed by atoms with Gasteiger partial charge in [0.05, 0.1) is 4.88 Å². The molecule has 1 aliphatic rings. The molecule has 1 atom stereocenters. The number of hydrogen-bond acceptors (Lipinski definition) is 3. The summed E-state index contributed by atoms with van der Waals surface area (Å²) in [5, 5.41) is 4.94. The molecule has 1 saturated heterocycles. The predicted molar refractivity (Wildman–Crippen MR) is 73.8 cm³/mol. The van der Waals surface area contributed by atoms with Gasteiger partial charge in [0.15, 0.2) is 6.29 Å². The van der Waals surface area contributed by atoms with Crippen molar-refractivity contribution in [3.05, 3.63) is 28.0 Å². The molecule has 1 aromatic rings. The summed E-state index contributed by atoms with van der Waals surface area (Å²) in [6, 6.07) is 2.19. The maximum atomic E-state index is 11.4. The van der Waals surface area contributed by atoms with E-state index in [2.05, 4.69) is 5.32 Å². The Bertz CT molecular complexity index is 450. The van der Waals surface area contributed by atoms with Gasteiger partial charge < -0.3 is 5.32 Å². The smallest absolute Gasteiger partial charge is 0.220 e. The van der Waals surface area contributed by atoms with Crippen LogP contribution in [0.3, 0.4) is 0 Å². The first kappa shape index (κ1) is 13.0. The molecule has 0 bridgehead atoms. The zero-order valence-electron chi connectivity index (χ0n) is 10.2. The van der Waals surface area contributed by atoms with Gasteiger partial charge in [-0.2, -0.15) is 0 Å². The molecule has 1 fully saturated rings. The number of carbonyl (C=O) groups is 2. The van der Waals surface area contributed by atoms with Crippen molar-refractivity contribution in [2.45, 2.75) is 38.1 Å². The van der Waals surface area contributed by atoms with Crippen molar-refractivity contribution in [1.29, 1.82) is 0 Å². The Morgan fingerprint density at radius 3 is 3.17 bits per heavy atom. The molecule has 1 aromatic heterocycles. The summed E-state index contributed by atoms with van der Waals surface area (Å²) in [7, 11) is 0. The highest BCUT2D eigenvalue weighted by atomic mass is 32.1. The predicted octanol–water partition coefficient (Wildman–Crippen LogP) is 3.02. The Hall–Kier alpha value is -1.42. The number of rotatable bonds is 4. The van der Waals surface area contributed by atoms with E-state index in [-0.39, 0.29) is 11.9 Å². The van der Waals surface area contributed by atoms with Crippen LogP contribution in [0.15, 0.2) is 17.5 Å². The second-order valence-electron chi connectivity index (χ2n) is 4.51. The van der Waals surface area contributed by atoms with E-state index in [0.29, 0.717) is 6.42 Å². The van der Waals surface area contributed by atoms with Crippen LogP contribution in [0.1, 0.15) is 47.3 Å². The van der Waals surface area contributed by atoms with Crippen molar-refractivity contribution < 1.29 is 9.59 Å². The molecule has 3 nitrogen and oxygen atoms in total. The van der Waals surface area contributed by atoms with E-state index in [0.717, 1.165) is 42.4 Å². The monoisotopic (exact) mass is 263 g/mol. The van der Waals surface area contributed by atoms with E-state index in [1.807, 2.05) is 23.6 Å². The molecule has 0 radical (unpaired) electrons. The molecule has 2 rings (SSSR count). The molecular weight excluding hydrogens is 246 g/mol. The summed E-state index contributed by atoms with van der Waals surface area (Å²) in [5.74, 6) is 0.162. The third kappa shape index (κ3) is 3.53. The number of nitrogens with one attached hydrogen (secondary N) is 1. The molecule has 1 aliphatic heterocycles. The van der Waals surface area contributed by atoms with E-state index in [4.69, 9.17) is 0 Å². The zero-order valence-corrected chi connectivity index (χ0v) is 11.0. The Labute approximate surface area is 111 Å². The van der Waals surface area contributed by atoms with Crippen LogP contribution in [-0.4, -0.2) is 18.2 Å². The molecule has 0 aromatic carbocycles. The van der Waals surface area contributed by atoms with Crippen molar-refractivity contribution in [2.24, 2.45) is 0 Å². The summed E-state index contributed by atoms with van der Waals surface area (Å²) in [4.78, 5) is 22.9. The molecule has 96 valence electrons. The standard InChI is InChI=1S/C14H17NO2S/c16-10-13-11(8-9-18-13)4-3-6-12-5-1-2-7-14(17)15-12/h3-4,8-10,12H,1-2,5-7H2,(H,15,17). The first-order chi connectivity index (χ1) is 8.79. The maximum Gasteiger partial charge on any atom is 0.220 e. The molecule has 4 heteroatoms. The minimum absolute atomic E-state index is 0.162. The van der Waals surface area contributed by atoms with Crippen LogP contribution in [0, 0.1) is 0 Å². The van der Waals surface area contributed by atoms with E-state index in [1.54, 1.807) is 0 Å². The minimum atomic E-state index is 0.162. The fourth-order valence-corrected chi connectivity index (χ4v) is 2.84. The van der Waals surface area contributed by atoms with Crippen molar-refractivity contribution >= 4 is 29.6 Å². The lowest BCUT2D eigenvalue weighted by Crippen LogP contribution is -2.32. The van der Waals surface area contributed by atoms with Crippen molar-refractivity contribution in [2.75, 3.05) is 0 Å². The van der Waals surface area contributed by atoms with E-state index >= 15 is 0 Å². The van der Waals surface area contributed by atoms with Gasteiger partial charge in [0.2, 0.25) is 5.91 Å². The van der Waals surface area contributed by atoms with Crippen LogP contribution in [0.4, 0.5) is 0 Å². The highest BCUT2D eigenvalue weighted by Gasteiger charge is 2.14. The molecule has 2 heterocycles. The zero-order chi connectivity index (χ0) is 12.8. The highest BCUT2D eigenvalue weighted by Crippen LogP contribution is 2.17. The third-order valence-electron chi connectivity index (χ3n) is 3.12. The van der Waals surface area contributed by atoms with Gasteiger partial charge in [-0.05, 0) is 36.3 Å². The summed E-state index contributed by atoms with van der Waals surface area (Å²) >= 11 is 1.45. The van der Waals surface area contributed by atoms with E-state index in [1.165, 1.54) is 11.3 Å². The van der Waals surface area contributed by atoms with Gasteiger partial charge in [0, 0.05) is 12.5 Å². The third-order valence-corrected chi connectivity index (χ3v) is 3.98. The van der Waals surface area contributed by atoms with Crippen LogP contribution in [0.2, 0.25) is 0 Å². The second-order valence-corrected chi connectivity index (χ2v) is 5.45. The quantitative estimate of drug-likeness (QED) is 0.849. The summed E-state index contributed by atoms with van der Waals surface area (Å²) in [5.41, 5.74) is 0.968. The molecule has 0 saturated carbocycles. The van der Waals surface area contributed by atoms with Crippen LogP contribution >= 0.6 is 11.3 Å². The van der Waals surface area contributed by atoms with E-state index < -0.39 is 0 Å². The summed E-state index contributed by atoms with van der Waals surface area (Å²) in [6.07, 6.45) is 9.53. The average molecular weight is 263 g/mol. The highest BCUT2D eigenvalue weighted by molar-refractivity contribution is 7.11. The van der Waals surface area contributed by atoms with Gasteiger partial charge in [0.1, 0.15) is 0 Å². The topological polar surface area (TPSA) is 46.2 Å². The molecule has 18 heavy (non-hydrogen) atoms. The minimum Gasteiger partial charge on any atom is -0.353 e. The number of carbonyl (C=O) groups excluding carboxylic acids is 2. The normalized spacial score (nSPS) is 20.7. The molecular formula is C14H17NO2S. The average Bonchev–Trinajstić information content (AvgIpc) is 2.71. The second kappa shape index (κ2) is 6.50. The van der Waals surface area contributed by atoms with Crippen LogP contribution in [0.5, 0.6) is 0 Å². The van der Waals surface area contributed by atoms with Gasteiger partial charge >= 0.3 is 0 Å². The Morgan fingerprint density at radius 2 is 2.33 bits per heavy atom. The van der Waals surface area contributed by atoms with Gasteiger partial charge in [-0.3, -0.25) is 9.59 Å². The van der Waals surface area contributed by atoms with Gasteiger partial charge in [-0.1, -0.05) is 18.6 Å². The lowest BCUT2D eigenvalue weighted by Gasteiger charge is -2.12. The first-order valence-electron chi connectivity index (χ1n) is 6.28. The number of thiophene rings is 1. The SMILES string of the molecule is O=Cc1sccc1C=CCC1CCCCC(=O)N1. The number of amides is 1. The van der Waals surface area contributed by atoms with Crippen LogP contribution in [-0.2, 0) is 4.79 Å². The molecule has 1 N–H and O–H groups in total. The Kier molecular flexibility index (Phi) is 4.70. The largest absolute Gasteiger partial charge is 0.353 e. The lowest BCUT2D eigenvalue weighted by molar-refractivity contribution is -0.121. The Balaban J connectivity index is 1.90. The molecule has 1 amide bonds. The van der Waals surface area contributed by atoms with Crippen molar-refractivity contribution in [3.8, 4) is 0 Å². The van der Waals surface area contributed by atoms with Crippen molar-refractivity contribution in [1.82, 2.24) is 5.32 Å². The van der Waals surface area contributed by atoms with E-state index in [9.17, 15) is 9.59 Å². The van der Waals surface area contributed by atoms with Gasteiger partial charge in [0.25, 0.3) is 0 Å². The lowest BCUT2D eigenvalue weighted by atomic mass is 10.1. The van der Waals surface area contributed by atoms with Gasteiger partial charge in [-0.15, -0.1) is 11.3 Å². The summed E-state index contributed by atoms with van der Waals surface area (Å²) in [6.45, 7) is 0. The summed E-state index contributed by atoms with van der Waals surface area (Å²) < 4.78 is 0. The molecule has 1 unspecified atom stereocenters. The van der Waals surface area contributed by atoms with Gasteiger partial charge in [-0.25, -0.2) is 0 Å². The molecule has 0 spiro atoms. The van der Waals surface area contributed by atoms with Crippen LogP contribution in [0.25, 0.3) is 6.08 Å². The first-order valence-corrected chi connectivity index (χ1v) is 7.16. The van der Waals surface area contributed by atoms with Crippen LogP contribution < -0.4 is 5.32 Å². The fraction of sp³-hybridized carbons (Fsp3) is 0.429. The molecule has 0 aliphatic carbocycles. The van der Waals surface area contributed by atoms with Crippen molar-refractivity contribution in [3.63, 3.8) is 0 Å². The maximum absolute atomic E-state index is 11.4. The number of hydrogen-bond donors (Lipinski definition) is 1.